The Labute approximate surface area is 195 Å². The minimum absolute atomic E-state index is 0.0410. The third-order valence-electron chi connectivity index (χ3n) is 5.10. The number of nitro groups is 1. The maximum Gasteiger partial charge on any atom is 0.373 e. The second-order valence-corrected chi connectivity index (χ2v) is 9.95. The SMILES string of the molecule is CS(=O)(=O)CCN1CCN(c2ncnc(Oc3ccc(C(=O)CC(=O)O)cc3)c2[N+](=O)[O-])CC1. The molecule has 0 atom stereocenters. The fraction of sp³-hybridized carbons (Fsp3) is 0.400. The van der Waals surface area contributed by atoms with Gasteiger partial charge in [-0.2, -0.15) is 4.98 Å². The lowest BCUT2D eigenvalue weighted by Crippen LogP contribution is -2.48. The zero-order chi connectivity index (χ0) is 24.9. The highest BCUT2D eigenvalue weighted by atomic mass is 32.2. The van der Waals surface area contributed by atoms with Gasteiger partial charge in [0.15, 0.2) is 5.78 Å². The molecule has 1 aromatic carbocycles. The van der Waals surface area contributed by atoms with E-state index in [2.05, 4.69) is 9.97 Å². The summed E-state index contributed by atoms with van der Waals surface area (Å²) in [7, 11) is -3.08. The molecule has 2 aromatic rings. The third-order valence-corrected chi connectivity index (χ3v) is 6.03. The highest BCUT2D eigenvalue weighted by molar-refractivity contribution is 7.90. The van der Waals surface area contributed by atoms with Crippen LogP contribution in [0.5, 0.6) is 11.6 Å². The lowest BCUT2D eigenvalue weighted by molar-refractivity contribution is -0.385. The van der Waals surface area contributed by atoms with Gasteiger partial charge < -0.3 is 14.7 Å². The van der Waals surface area contributed by atoms with Gasteiger partial charge in [-0.05, 0) is 24.3 Å². The number of carboxylic acids is 1. The molecule has 34 heavy (non-hydrogen) atoms. The van der Waals surface area contributed by atoms with Gasteiger partial charge in [0.05, 0.1) is 10.7 Å². The van der Waals surface area contributed by atoms with Gasteiger partial charge >= 0.3 is 17.5 Å². The van der Waals surface area contributed by atoms with Gasteiger partial charge in [0.2, 0.25) is 5.82 Å². The number of carbonyl (C=O) groups is 2. The molecule has 1 N–H and O–H groups in total. The summed E-state index contributed by atoms with van der Waals surface area (Å²) in [6, 6.07) is 5.51. The Bertz CT molecular complexity index is 1180. The van der Waals surface area contributed by atoms with Crippen molar-refractivity contribution in [1.82, 2.24) is 14.9 Å². The van der Waals surface area contributed by atoms with Crippen LogP contribution >= 0.6 is 0 Å². The Morgan fingerprint density at radius 3 is 2.35 bits per heavy atom. The zero-order valence-electron chi connectivity index (χ0n) is 18.3. The number of aliphatic carboxylic acids is 1. The number of ether oxygens (including phenoxy) is 1. The van der Waals surface area contributed by atoms with Crippen molar-refractivity contribution in [2.24, 2.45) is 0 Å². The van der Waals surface area contributed by atoms with E-state index in [0.717, 1.165) is 6.33 Å². The summed E-state index contributed by atoms with van der Waals surface area (Å²) < 4.78 is 28.3. The molecule has 0 radical (unpaired) electrons. The Balaban J connectivity index is 1.74. The number of ketones is 1. The molecule has 1 fully saturated rings. The van der Waals surface area contributed by atoms with E-state index in [1.54, 1.807) is 4.90 Å². The van der Waals surface area contributed by atoms with Crippen LogP contribution in [-0.4, -0.2) is 89.8 Å². The quantitative estimate of drug-likeness (QED) is 0.216. The summed E-state index contributed by atoms with van der Waals surface area (Å²) in [5.74, 6) is -1.80. The number of piperazine rings is 1. The number of aromatic nitrogens is 2. The van der Waals surface area contributed by atoms with Crippen molar-refractivity contribution in [1.29, 1.82) is 0 Å². The molecule has 0 saturated carbocycles. The van der Waals surface area contributed by atoms with Crippen LogP contribution in [0.15, 0.2) is 30.6 Å². The second kappa shape index (κ2) is 10.5. The highest BCUT2D eigenvalue weighted by Crippen LogP contribution is 2.36. The Kier molecular flexibility index (Phi) is 7.73. The van der Waals surface area contributed by atoms with E-state index < -0.39 is 38.6 Å². The van der Waals surface area contributed by atoms with Gasteiger partial charge in [-0.3, -0.25) is 24.6 Å². The van der Waals surface area contributed by atoms with E-state index in [-0.39, 0.29) is 28.8 Å². The second-order valence-electron chi connectivity index (χ2n) is 7.69. The smallest absolute Gasteiger partial charge is 0.373 e. The Morgan fingerprint density at radius 2 is 1.79 bits per heavy atom. The molecule has 1 aromatic heterocycles. The summed E-state index contributed by atoms with van der Waals surface area (Å²) in [4.78, 5) is 45.4. The highest BCUT2D eigenvalue weighted by Gasteiger charge is 2.30. The molecular formula is C20H23N5O8S. The van der Waals surface area contributed by atoms with E-state index in [1.165, 1.54) is 30.5 Å². The summed E-state index contributed by atoms with van der Waals surface area (Å²) in [5.41, 5.74) is -0.250. The van der Waals surface area contributed by atoms with Crippen molar-refractivity contribution >= 4 is 33.1 Å². The molecular weight excluding hydrogens is 470 g/mol. The maximum atomic E-state index is 11.8. The number of hydrogen-bond donors (Lipinski definition) is 1. The van der Waals surface area contributed by atoms with Crippen LogP contribution < -0.4 is 9.64 Å². The van der Waals surface area contributed by atoms with E-state index in [0.29, 0.717) is 32.7 Å². The molecule has 0 bridgehead atoms. The number of nitrogens with zero attached hydrogens (tertiary/aromatic N) is 5. The van der Waals surface area contributed by atoms with E-state index in [1.807, 2.05) is 4.90 Å². The predicted octanol–water partition coefficient (Wildman–Crippen LogP) is 1.00. The molecule has 1 saturated heterocycles. The van der Waals surface area contributed by atoms with Crippen LogP contribution in [0, 0.1) is 10.1 Å². The van der Waals surface area contributed by atoms with Gasteiger partial charge in [0.25, 0.3) is 0 Å². The first kappa shape index (κ1) is 25.0. The molecule has 3 rings (SSSR count). The van der Waals surface area contributed by atoms with Gasteiger partial charge in [0.1, 0.15) is 28.3 Å². The molecule has 13 nitrogen and oxygen atoms in total. The monoisotopic (exact) mass is 493 g/mol. The minimum atomic E-state index is -3.08. The normalized spacial score (nSPS) is 14.6. The maximum absolute atomic E-state index is 11.8. The predicted molar refractivity (Wildman–Crippen MR) is 120 cm³/mol. The number of carbonyl (C=O) groups excluding carboxylic acids is 1. The number of carboxylic acid groups (broad SMARTS) is 1. The van der Waals surface area contributed by atoms with Crippen molar-refractivity contribution < 1.29 is 32.8 Å². The summed E-state index contributed by atoms with van der Waals surface area (Å²) in [6.07, 6.45) is 1.68. The fourth-order valence-electron chi connectivity index (χ4n) is 3.36. The van der Waals surface area contributed by atoms with Crippen molar-refractivity contribution in [3.8, 4) is 11.6 Å². The zero-order valence-corrected chi connectivity index (χ0v) is 19.1. The molecule has 182 valence electrons. The molecule has 14 heteroatoms. The van der Waals surface area contributed by atoms with Gasteiger partial charge in [-0.1, -0.05) is 0 Å². The molecule has 0 spiro atoms. The Morgan fingerprint density at radius 1 is 1.15 bits per heavy atom. The van der Waals surface area contributed by atoms with Gasteiger partial charge in [-0.25, -0.2) is 13.4 Å². The minimum Gasteiger partial charge on any atom is -0.481 e. The molecule has 1 aliphatic heterocycles. The van der Waals surface area contributed by atoms with Crippen LogP contribution in [-0.2, 0) is 14.6 Å². The number of rotatable bonds is 10. The first-order chi connectivity index (χ1) is 16.0. The van der Waals surface area contributed by atoms with Crippen molar-refractivity contribution in [3.63, 3.8) is 0 Å². The van der Waals surface area contributed by atoms with Crippen LogP contribution in [0.25, 0.3) is 0 Å². The summed E-state index contributed by atoms with van der Waals surface area (Å²) >= 11 is 0. The number of anilines is 1. The number of benzene rings is 1. The summed E-state index contributed by atoms with van der Waals surface area (Å²) in [6.45, 7) is 2.22. The number of Topliss-reactive ketones (excluding diaryl/α,β-unsaturated/α-hetero) is 1. The molecule has 0 unspecified atom stereocenters. The molecule has 0 aliphatic carbocycles. The number of sulfone groups is 1. The van der Waals surface area contributed by atoms with Gasteiger partial charge in [0, 0.05) is 44.5 Å². The standard InChI is InChI=1S/C20H23N5O8S/c1-34(31,32)11-10-23-6-8-24(9-7-23)19-18(25(29)30)20(22-13-21-19)33-15-4-2-14(3-5-15)16(26)12-17(27)28/h2-5,13H,6-12H2,1H3,(H,27,28). The lowest BCUT2D eigenvalue weighted by atomic mass is 10.1. The van der Waals surface area contributed by atoms with E-state index >= 15 is 0 Å². The van der Waals surface area contributed by atoms with E-state index in [4.69, 9.17) is 9.84 Å². The molecule has 2 heterocycles. The van der Waals surface area contributed by atoms with Crippen LogP contribution in [0.3, 0.4) is 0 Å². The third kappa shape index (κ3) is 6.68. The molecule has 1 aliphatic rings. The lowest BCUT2D eigenvalue weighted by Gasteiger charge is -2.34. The fourth-order valence-corrected chi connectivity index (χ4v) is 3.95. The summed E-state index contributed by atoms with van der Waals surface area (Å²) in [5, 5.41) is 20.6. The van der Waals surface area contributed by atoms with Crippen molar-refractivity contribution in [2.45, 2.75) is 6.42 Å². The average molecular weight is 493 g/mol. The van der Waals surface area contributed by atoms with E-state index in [9.17, 15) is 28.1 Å². The first-order valence-corrected chi connectivity index (χ1v) is 12.3. The van der Waals surface area contributed by atoms with Crippen LogP contribution in [0.1, 0.15) is 16.8 Å². The van der Waals surface area contributed by atoms with Crippen LogP contribution in [0.4, 0.5) is 11.5 Å². The van der Waals surface area contributed by atoms with Crippen molar-refractivity contribution in [2.75, 3.05) is 49.6 Å². The van der Waals surface area contributed by atoms with Crippen LogP contribution in [0.2, 0.25) is 0 Å². The van der Waals surface area contributed by atoms with Crippen molar-refractivity contribution in [3.05, 3.63) is 46.3 Å². The number of hydrogen-bond acceptors (Lipinski definition) is 11. The first-order valence-electron chi connectivity index (χ1n) is 10.2. The largest absolute Gasteiger partial charge is 0.481 e. The molecule has 0 amide bonds. The average Bonchev–Trinajstić information content (AvgIpc) is 2.77. The van der Waals surface area contributed by atoms with Gasteiger partial charge in [-0.15, -0.1) is 0 Å². The Hall–Kier alpha value is -3.65. The topological polar surface area (TPSA) is 173 Å².